The molecule has 0 spiro atoms. The van der Waals surface area contributed by atoms with E-state index in [0.717, 1.165) is 6.42 Å². The van der Waals surface area contributed by atoms with E-state index in [1.807, 2.05) is 0 Å². The summed E-state index contributed by atoms with van der Waals surface area (Å²) in [6.07, 6.45) is 4.98. The largest absolute Gasteiger partial charge is 0.100 e. The van der Waals surface area contributed by atoms with Gasteiger partial charge >= 0.3 is 0 Å². The summed E-state index contributed by atoms with van der Waals surface area (Å²) in [5.74, 6) is 0.669. The molecule has 0 aliphatic heterocycles. The van der Waals surface area contributed by atoms with E-state index < -0.39 is 0 Å². The molecule has 1 unspecified atom stereocenters. The Hall–Kier alpha value is -0.520. The Morgan fingerprint density at radius 2 is 1.83 bits per heavy atom. The van der Waals surface area contributed by atoms with Gasteiger partial charge in [-0.1, -0.05) is 37.5 Å². The van der Waals surface area contributed by atoms with Gasteiger partial charge in [-0.05, 0) is 32.6 Å². The van der Waals surface area contributed by atoms with Gasteiger partial charge in [0.25, 0.3) is 0 Å². The van der Waals surface area contributed by atoms with Crippen molar-refractivity contribution >= 4 is 0 Å². The molecule has 0 aromatic rings. The van der Waals surface area contributed by atoms with Crippen molar-refractivity contribution in [2.24, 2.45) is 5.92 Å². The average molecular weight is 166 g/mol. The molecule has 0 radical (unpaired) electrons. The Kier molecular flexibility index (Phi) is 5.79. The second kappa shape index (κ2) is 6.05. The molecule has 0 heterocycles. The van der Waals surface area contributed by atoms with Crippen LogP contribution in [0.5, 0.6) is 0 Å². The van der Waals surface area contributed by atoms with E-state index in [4.69, 9.17) is 0 Å². The quantitative estimate of drug-likeness (QED) is 0.515. The Morgan fingerprint density at radius 3 is 2.17 bits per heavy atom. The molecule has 0 heteroatoms. The Bertz CT molecular complexity index is 153. The Labute approximate surface area is 77.4 Å². The molecular weight excluding hydrogens is 144 g/mol. The monoisotopic (exact) mass is 166 g/mol. The third-order valence-corrected chi connectivity index (χ3v) is 2.20. The maximum atomic E-state index is 4.02. The van der Waals surface area contributed by atoms with Gasteiger partial charge in [-0.3, -0.25) is 0 Å². The van der Waals surface area contributed by atoms with Gasteiger partial charge in [-0.2, -0.15) is 0 Å². The molecule has 0 saturated heterocycles. The number of hydrogen-bond donors (Lipinski definition) is 0. The van der Waals surface area contributed by atoms with Gasteiger partial charge in [0.05, 0.1) is 0 Å². The highest BCUT2D eigenvalue weighted by Crippen LogP contribution is 2.23. The third kappa shape index (κ3) is 5.17. The van der Waals surface area contributed by atoms with E-state index in [2.05, 4.69) is 33.9 Å². The van der Waals surface area contributed by atoms with Crippen LogP contribution in [0.2, 0.25) is 0 Å². The molecule has 0 fully saturated rings. The van der Waals surface area contributed by atoms with Crippen molar-refractivity contribution in [3.63, 3.8) is 0 Å². The van der Waals surface area contributed by atoms with Gasteiger partial charge in [-0.15, -0.1) is 6.58 Å². The molecule has 0 aromatic carbocycles. The minimum absolute atomic E-state index is 0.669. The summed E-state index contributed by atoms with van der Waals surface area (Å²) >= 11 is 0. The molecule has 0 aliphatic rings. The predicted octanol–water partition coefficient (Wildman–Crippen LogP) is 4.34. The van der Waals surface area contributed by atoms with Crippen LogP contribution in [0.25, 0.3) is 0 Å². The molecule has 0 aromatic heterocycles. The van der Waals surface area contributed by atoms with Crippen LogP contribution in [0, 0.1) is 5.92 Å². The van der Waals surface area contributed by atoms with Crippen molar-refractivity contribution in [2.45, 2.75) is 46.5 Å². The minimum Gasteiger partial charge on any atom is -0.100 e. The molecule has 0 N–H and O–H groups in total. The van der Waals surface area contributed by atoms with Gasteiger partial charge in [0.1, 0.15) is 0 Å². The molecule has 70 valence electrons. The van der Waals surface area contributed by atoms with E-state index in [1.54, 1.807) is 0 Å². The second-order valence-electron chi connectivity index (χ2n) is 3.85. The number of unbranched alkanes of at least 4 members (excludes halogenated alkanes) is 1. The highest BCUT2D eigenvalue weighted by molar-refractivity contribution is 5.03. The fourth-order valence-corrected chi connectivity index (χ4v) is 1.39. The summed E-state index contributed by atoms with van der Waals surface area (Å²) in [5, 5.41) is 0. The van der Waals surface area contributed by atoms with E-state index in [9.17, 15) is 0 Å². The predicted molar refractivity (Wildman–Crippen MR) is 57.3 cm³/mol. The maximum absolute atomic E-state index is 4.02. The molecule has 0 rings (SSSR count). The van der Waals surface area contributed by atoms with E-state index in [-0.39, 0.29) is 0 Å². The van der Waals surface area contributed by atoms with E-state index in [0.29, 0.717) is 5.92 Å². The highest BCUT2D eigenvalue weighted by Gasteiger charge is 2.08. The SMILES string of the molecule is C=C(C)CC(CCCC)C(=C)C. The zero-order valence-electron chi connectivity index (χ0n) is 8.82. The zero-order valence-corrected chi connectivity index (χ0v) is 8.82. The minimum atomic E-state index is 0.669. The Morgan fingerprint density at radius 1 is 1.25 bits per heavy atom. The van der Waals surface area contributed by atoms with Crippen LogP contribution in [0.15, 0.2) is 24.3 Å². The second-order valence-corrected chi connectivity index (χ2v) is 3.85. The lowest BCUT2D eigenvalue weighted by molar-refractivity contribution is 0.527. The number of rotatable bonds is 6. The van der Waals surface area contributed by atoms with Crippen molar-refractivity contribution < 1.29 is 0 Å². The first-order valence-corrected chi connectivity index (χ1v) is 4.87. The topological polar surface area (TPSA) is 0 Å². The van der Waals surface area contributed by atoms with Crippen LogP contribution in [-0.2, 0) is 0 Å². The normalized spacial score (nSPS) is 12.6. The molecule has 0 aliphatic carbocycles. The molecule has 1 atom stereocenters. The first kappa shape index (κ1) is 11.5. The standard InChI is InChI=1S/C12H22/c1-6-7-8-12(11(4)5)9-10(2)3/h12H,2,4,6-9H2,1,3,5H3. The maximum Gasteiger partial charge on any atom is -0.0172 e. The summed E-state index contributed by atoms with van der Waals surface area (Å²) in [4.78, 5) is 0. The molecule has 0 amide bonds. The summed E-state index contributed by atoms with van der Waals surface area (Å²) < 4.78 is 0. The van der Waals surface area contributed by atoms with Crippen LogP contribution in [0.1, 0.15) is 46.5 Å². The lowest BCUT2D eigenvalue weighted by Crippen LogP contribution is -2.01. The lowest BCUT2D eigenvalue weighted by Gasteiger charge is -2.16. The van der Waals surface area contributed by atoms with Crippen LogP contribution in [-0.4, -0.2) is 0 Å². The first-order chi connectivity index (χ1) is 5.57. The van der Waals surface area contributed by atoms with Gasteiger partial charge in [0.15, 0.2) is 0 Å². The van der Waals surface area contributed by atoms with Crippen molar-refractivity contribution in [3.8, 4) is 0 Å². The fourth-order valence-electron chi connectivity index (χ4n) is 1.39. The van der Waals surface area contributed by atoms with Gasteiger partial charge in [0, 0.05) is 0 Å². The van der Waals surface area contributed by atoms with Gasteiger partial charge < -0.3 is 0 Å². The molecule has 0 saturated carbocycles. The van der Waals surface area contributed by atoms with Crippen molar-refractivity contribution in [1.29, 1.82) is 0 Å². The smallest absolute Gasteiger partial charge is 0.0172 e. The van der Waals surface area contributed by atoms with Crippen LogP contribution in [0.4, 0.5) is 0 Å². The van der Waals surface area contributed by atoms with E-state index >= 15 is 0 Å². The van der Waals surface area contributed by atoms with Gasteiger partial charge in [-0.25, -0.2) is 0 Å². The molecule has 12 heavy (non-hydrogen) atoms. The Balaban J connectivity index is 3.87. The average Bonchev–Trinajstić information content (AvgIpc) is 1.96. The van der Waals surface area contributed by atoms with Crippen LogP contribution < -0.4 is 0 Å². The van der Waals surface area contributed by atoms with Crippen molar-refractivity contribution in [1.82, 2.24) is 0 Å². The van der Waals surface area contributed by atoms with Crippen LogP contribution in [0.3, 0.4) is 0 Å². The number of allylic oxidation sites excluding steroid dienone is 2. The van der Waals surface area contributed by atoms with Crippen molar-refractivity contribution in [2.75, 3.05) is 0 Å². The summed E-state index contributed by atoms with van der Waals surface area (Å²) in [6, 6.07) is 0. The molecule has 0 bridgehead atoms. The zero-order chi connectivity index (χ0) is 9.56. The first-order valence-electron chi connectivity index (χ1n) is 4.87. The van der Waals surface area contributed by atoms with Gasteiger partial charge in [0.2, 0.25) is 0 Å². The fraction of sp³-hybridized carbons (Fsp3) is 0.667. The summed E-state index contributed by atoms with van der Waals surface area (Å²) in [6.45, 7) is 14.4. The summed E-state index contributed by atoms with van der Waals surface area (Å²) in [7, 11) is 0. The highest BCUT2D eigenvalue weighted by atomic mass is 14.1. The van der Waals surface area contributed by atoms with Crippen LogP contribution >= 0.6 is 0 Å². The number of hydrogen-bond acceptors (Lipinski definition) is 0. The molecular formula is C12H22. The third-order valence-electron chi connectivity index (χ3n) is 2.20. The van der Waals surface area contributed by atoms with Crippen molar-refractivity contribution in [3.05, 3.63) is 24.3 Å². The lowest BCUT2D eigenvalue weighted by atomic mass is 9.90. The molecule has 0 nitrogen and oxygen atoms in total. The summed E-state index contributed by atoms with van der Waals surface area (Å²) in [5.41, 5.74) is 2.59. The van der Waals surface area contributed by atoms with E-state index in [1.165, 1.54) is 30.4 Å².